The van der Waals surface area contributed by atoms with Crippen LogP contribution in [0.1, 0.15) is 22.3 Å². The summed E-state index contributed by atoms with van der Waals surface area (Å²) >= 11 is 0. The second-order valence-corrected chi connectivity index (χ2v) is 7.86. The van der Waals surface area contributed by atoms with Crippen molar-refractivity contribution in [1.29, 1.82) is 0 Å². The van der Waals surface area contributed by atoms with Gasteiger partial charge in [0, 0.05) is 12.2 Å². The Balaban J connectivity index is 1.82. The average Bonchev–Trinajstić information content (AvgIpc) is 2.90. The van der Waals surface area contributed by atoms with Crippen molar-refractivity contribution in [3.05, 3.63) is 77.3 Å². The summed E-state index contributed by atoms with van der Waals surface area (Å²) in [5.41, 5.74) is 6.05. The van der Waals surface area contributed by atoms with Crippen molar-refractivity contribution in [3.8, 4) is 33.9 Å². The largest absolute Gasteiger partial charge is 0.619 e. The molecule has 0 aliphatic rings. The van der Waals surface area contributed by atoms with Crippen LogP contribution >= 0.6 is 0 Å². The summed E-state index contributed by atoms with van der Waals surface area (Å²) in [4.78, 5) is 17.3. The van der Waals surface area contributed by atoms with E-state index < -0.39 is 5.91 Å². The lowest BCUT2D eigenvalue weighted by atomic mass is 9.98. The monoisotopic (exact) mass is 475 g/mol. The molecule has 0 bridgehead atoms. The standard InChI is InChI=1S/C26H25N3O6/c1-34-21-15-29(33)14-20-22(26(31)28-32)25(35-2)23(27-24(20)21)19-11-9-18(10-12-19)17-7-5-16(6-8-17)4-3-13-30/h5-12,14-15,30,32H,3-4,13H2,1-2H3,(H,28,31). The number of amides is 1. The first kappa shape index (κ1) is 23.9. The van der Waals surface area contributed by atoms with Crippen molar-refractivity contribution in [2.45, 2.75) is 12.8 Å². The van der Waals surface area contributed by atoms with Crippen molar-refractivity contribution < 1.29 is 29.3 Å². The summed E-state index contributed by atoms with van der Waals surface area (Å²) in [5, 5.41) is 30.6. The van der Waals surface area contributed by atoms with E-state index in [1.54, 1.807) is 5.48 Å². The van der Waals surface area contributed by atoms with Gasteiger partial charge < -0.3 is 19.8 Å². The molecular formula is C26H25N3O6. The summed E-state index contributed by atoms with van der Waals surface area (Å²) < 4.78 is 11.4. The van der Waals surface area contributed by atoms with Gasteiger partial charge >= 0.3 is 0 Å². The van der Waals surface area contributed by atoms with Crippen LogP contribution in [0.3, 0.4) is 0 Å². The highest BCUT2D eigenvalue weighted by Gasteiger charge is 2.26. The Morgan fingerprint density at radius 1 is 1.00 bits per heavy atom. The van der Waals surface area contributed by atoms with Gasteiger partial charge in [-0.25, -0.2) is 10.5 Å². The number of nitrogens with one attached hydrogen (secondary N) is 1. The van der Waals surface area contributed by atoms with E-state index in [0.29, 0.717) is 16.0 Å². The van der Waals surface area contributed by atoms with Gasteiger partial charge in [-0.1, -0.05) is 48.5 Å². The zero-order valence-corrected chi connectivity index (χ0v) is 19.3. The molecule has 4 aromatic rings. The quantitative estimate of drug-likeness (QED) is 0.154. The minimum atomic E-state index is -0.846. The predicted molar refractivity (Wildman–Crippen MR) is 129 cm³/mol. The lowest BCUT2D eigenvalue weighted by Gasteiger charge is -2.16. The molecule has 0 aliphatic heterocycles. The van der Waals surface area contributed by atoms with Crippen LogP contribution in [0.15, 0.2) is 60.9 Å². The van der Waals surface area contributed by atoms with E-state index in [4.69, 9.17) is 14.6 Å². The number of aryl methyl sites for hydroxylation is 1. The lowest BCUT2D eigenvalue weighted by molar-refractivity contribution is -0.604. The van der Waals surface area contributed by atoms with Gasteiger partial charge in [0.05, 0.1) is 19.6 Å². The number of ether oxygens (including phenoxy) is 2. The number of hydrogen-bond donors (Lipinski definition) is 3. The molecule has 2 aromatic carbocycles. The number of hydroxylamine groups is 1. The molecule has 2 heterocycles. The van der Waals surface area contributed by atoms with E-state index in [1.807, 2.05) is 48.5 Å². The van der Waals surface area contributed by atoms with Crippen LogP contribution in [0.2, 0.25) is 0 Å². The summed E-state index contributed by atoms with van der Waals surface area (Å²) in [6.45, 7) is 0.167. The number of aliphatic hydroxyl groups excluding tert-OH is 1. The number of fused-ring (bicyclic) bond motifs is 1. The average molecular weight is 476 g/mol. The number of nitrogens with zero attached hydrogens (tertiary/aromatic N) is 2. The molecule has 35 heavy (non-hydrogen) atoms. The molecule has 0 spiro atoms. The van der Waals surface area contributed by atoms with Crippen LogP contribution in [-0.2, 0) is 6.42 Å². The van der Waals surface area contributed by atoms with Gasteiger partial charge in [0.15, 0.2) is 11.9 Å². The molecule has 0 unspecified atom stereocenters. The van der Waals surface area contributed by atoms with Crippen LogP contribution in [0.5, 0.6) is 11.5 Å². The maximum absolute atomic E-state index is 12.6. The molecule has 4 rings (SSSR count). The third kappa shape index (κ3) is 4.72. The van der Waals surface area contributed by atoms with Crippen molar-refractivity contribution in [2.24, 2.45) is 0 Å². The SMILES string of the molecule is COc1c(-c2ccc(-c3ccc(CCCO)cc3)cc2)nc2c(OC)c[n+]([O-])cc2c1C(=O)NO. The van der Waals surface area contributed by atoms with E-state index in [1.165, 1.54) is 26.6 Å². The molecule has 0 saturated carbocycles. The molecule has 0 fully saturated rings. The topological polar surface area (TPSA) is 128 Å². The number of benzene rings is 2. The molecule has 0 saturated heterocycles. The minimum absolute atomic E-state index is 0.0407. The Hall–Kier alpha value is -4.21. The van der Waals surface area contributed by atoms with Crippen LogP contribution in [0, 0.1) is 5.21 Å². The first-order valence-electron chi connectivity index (χ1n) is 10.9. The van der Waals surface area contributed by atoms with Gasteiger partial charge in [-0.3, -0.25) is 10.0 Å². The maximum Gasteiger partial charge on any atom is 0.279 e. The molecule has 1 amide bonds. The third-order valence-electron chi connectivity index (χ3n) is 5.75. The third-order valence-corrected chi connectivity index (χ3v) is 5.75. The van der Waals surface area contributed by atoms with E-state index in [0.717, 1.165) is 29.5 Å². The van der Waals surface area contributed by atoms with Crippen molar-refractivity contribution in [3.63, 3.8) is 0 Å². The highest BCUT2D eigenvalue weighted by atomic mass is 16.5. The zero-order valence-electron chi connectivity index (χ0n) is 19.3. The summed E-state index contributed by atoms with van der Waals surface area (Å²) in [5.74, 6) is -0.564. The van der Waals surface area contributed by atoms with Gasteiger partial charge in [0.25, 0.3) is 5.91 Å². The molecular weight excluding hydrogens is 450 g/mol. The van der Waals surface area contributed by atoms with E-state index in [2.05, 4.69) is 4.98 Å². The minimum Gasteiger partial charge on any atom is -0.619 e. The predicted octanol–water partition coefficient (Wildman–Crippen LogP) is 3.26. The first-order chi connectivity index (χ1) is 17.0. The fourth-order valence-corrected chi connectivity index (χ4v) is 4.03. The Bertz CT molecular complexity index is 1350. The fraction of sp³-hybridized carbons (Fsp3) is 0.192. The number of aliphatic hydroxyl groups is 1. The maximum atomic E-state index is 12.6. The molecule has 180 valence electrons. The molecule has 9 heteroatoms. The summed E-state index contributed by atoms with van der Waals surface area (Å²) in [7, 11) is 2.79. The number of carbonyl (C=O) groups excluding carboxylic acids is 1. The lowest BCUT2D eigenvalue weighted by Crippen LogP contribution is -2.27. The molecule has 9 nitrogen and oxygen atoms in total. The summed E-state index contributed by atoms with van der Waals surface area (Å²) in [6.07, 6.45) is 3.93. The Kier molecular flexibility index (Phi) is 7.09. The normalized spacial score (nSPS) is 10.9. The number of aromatic nitrogens is 2. The van der Waals surface area contributed by atoms with Crippen molar-refractivity contribution in [1.82, 2.24) is 10.5 Å². The van der Waals surface area contributed by atoms with E-state index in [9.17, 15) is 15.2 Å². The van der Waals surface area contributed by atoms with Crippen LogP contribution in [0.4, 0.5) is 0 Å². The first-order valence-corrected chi connectivity index (χ1v) is 10.9. The van der Waals surface area contributed by atoms with Crippen molar-refractivity contribution in [2.75, 3.05) is 20.8 Å². The molecule has 0 aliphatic carbocycles. The number of pyridine rings is 2. The number of methoxy groups -OCH3 is 2. The van der Waals surface area contributed by atoms with Crippen LogP contribution in [0.25, 0.3) is 33.3 Å². The van der Waals surface area contributed by atoms with Crippen LogP contribution < -0.4 is 19.7 Å². The molecule has 3 N–H and O–H groups in total. The molecule has 2 aromatic heterocycles. The Morgan fingerprint density at radius 3 is 2.20 bits per heavy atom. The van der Waals surface area contributed by atoms with Gasteiger partial charge in [-0.15, -0.1) is 0 Å². The highest BCUT2D eigenvalue weighted by molar-refractivity contribution is 6.10. The van der Waals surface area contributed by atoms with E-state index >= 15 is 0 Å². The Morgan fingerprint density at radius 2 is 1.63 bits per heavy atom. The summed E-state index contributed by atoms with van der Waals surface area (Å²) in [6, 6.07) is 15.7. The van der Waals surface area contributed by atoms with Gasteiger partial charge in [-0.2, -0.15) is 4.73 Å². The van der Waals surface area contributed by atoms with E-state index in [-0.39, 0.29) is 34.6 Å². The van der Waals surface area contributed by atoms with Gasteiger partial charge in [0.2, 0.25) is 11.9 Å². The number of rotatable bonds is 8. The fourth-order valence-electron chi connectivity index (χ4n) is 4.03. The second-order valence-electron chi connectivity index (χ2n) is 7.86. The van der Waals surface area contributed by atoms with Gasteiger partial charge in [-0.05, 0) is 29.5 Å². The Labute approximate surface area is 201 Å². The van der Waals surface area contributed by atoms with Crippen molar-refractivity contribution >= 4 is 16.8 Å². The van der Waals surface area contributed by atoms with Crippen LogP contribution in [-0.4, -0.2) is 42.0 Å². The number of hydrogen-bond acceptors (Lipinski definition) is 7. The highest BCUT2D eigenvalue weighted by Crippen LogP contribution is 2.38. The zero-order chi connectivity index (χ0) is 24.9. The molecule has 0 atom stereocenters. The second kappa shape index (κ2) is 10.4. The van der Waals surface area contributed by atoms with Gasteiger partial charge in [0.1, 0.15) is 16.8 Å². The smallest absolute Gasteiger partial charge is 0.279 e. The molecule has 0 radical (unpaired) electrons. The number of carbonyl (C=O) groups is 1.